The number of benzene rings is 1. The zero-order valence-electron chi connectivity index (χ0n) is 13.3. The van der Waals surface area contributed by atoms with Gasteiger partial charge in [-0.05, 0) is 32.4 Å². The van der Waals surface area contributed by atoms with Crippen LogP contribution in [-0.4, -0.2) is 37.6 Å². The zero-order chi connectivity index (χ0) is 16.4. The zero-order valence-corrected chi connectivity index (χ0v) is 13.3. The largest absolute Gasteiger partial charge is 0.490 e. The van der Waals surface area contributed by atoms with Gasteiger partial charge in [0.25, 0.3) is 5.91 Å². The number of amides is 2. The first-order valence-corrected chi connectivity index (χ1v) is 7.50. The van der Waals surface area contributed by atoms with Crippen molar-refractivity contribution in [2.75, 3.05) is 19.8 Å². The van der Waals surface area contributed by atoms with Gasteiger partial charge in [0.1, 0.15) is 6.04 Å². The lowest BCUT2D eigenvalue weighted by Gasteiger charge is -2.15. The molecule has 0 radical (unpaired) electrons. The Hall–Kier alpha value is -2.24. The molecule has 0 bridgehead atoms. The molecule has 2 N–H and O–H groups in total. The van der Waals surface area contributed by atoms with E-state index in [1.807, 2.05) is 19.9 Å². The minimum atomic E-state index is -0.593. The lowest BCUT2D eigenvalue weighted by Crippen LogP contribution is -2.46. The summed E-state index contributed by atoms with van der Waals surface area (Å²) in [6.45, 7) is 6.41. The Morgan fingerprint density at radius 2 is 1.77 bits per heavy atom. The first kappa shape index (κ1) is 17.8. The molecule has 0 aromatic heterocycles. The van der Waals surface area contributed by atoms with Crippen LogP contribution >= 0.6 is 0 Å². The van der Waals surface area contributed by atoms with Crippen molar-refractivity contribution in [3.8, 4) is 11.5 Å². The van der Waals surface area contributed by atoms with Crippen molar-refractivity contribution in [3.63, 3.8) is 0 Å². The van der Waals surface area contributed by atoms with Crippen molar-refractivity contribution < 1.29 is 19.1 Å². The van der Waals surface area contributed by atoms with Gasteiger partial charge in [-0.1, -0.05) is 19.1 Å². The molecule has 6 nitrogen and oxygen atoms in total. The number of nitrogens with one attached hydrogen (secondary N) is 2. The van der Waals surface area contributed by atoms with Crippen LogP contribution in [-0.2, 0) is 9.59 Å². The summed E-state index contributed by atoms with van der Waals surface area (Å²) in [5, 5.41) is 5.32. The summed E-state index contributed by atoms with van der Waals surface area (Å²) in [7, 11) is 0. The maximum Gasteiger partial charge on any atom is 0.258 e. The standard InChI is InChI=1S/C16H24N2O4/c1-4-10-17-16(20)12(3)18-15(19)11-22-14-9-7-6-8-13(14)21-5-2/h6-9,12H,4-5,10-11H2,1-3H3,(H,17,20)(H,18,19)/t12-/m0/s1. The molecule has 1 atom stereocenters. The van der Waals surface area contributed by atoms with E-state index in [1.165, 1.54) is 0 Å². The highest BCUT2D eigenvalue weighted by Crippen LogP contribution is 2.26. The lowest BCUT2D eigenvalue weighted by molar-refractivity contribution is -0.129. The van der Waals surface area contributed by atoms with E-state index in [2.05, 4.69) is 10.6 Å². The Kier molecular flexibility index (Phi) is 7.81. The molecule has 0 aliphatic heterocycles. The third kappa shape index (κ3) is 6.03. The molecule has 122 valence electrons. The maximum absolute atomic E-state index is 11.8. The van der Waals surface area contributed by atoms with Crippen molar-refractivity contribution >= 4 is 11.8 Å². The van der Waals surface area contributed by atoms with E-state index in [4.69, 9.17) is 9.47 Å². The average molecular weight is 308 g/mol. The van der Waals surface area contributed by atoms with Crippen molar-refractivity contribution in [3.05, 3.63) is 24.3 Å². The molecule has 1 aromatic carbocycles. The molecule has 0 saturated heterocycles. The van der Waals surface area contributed by atoms with Gasteiger partial charge in [-0.15, -0.1) is 0 Å². The number of para-hydroxylation sites is 2. The van der Waals surface area contributed by atoms with Crippen LogP contribution in [0.25, 0.3) is 0 Å². The van der Waals surface area contributed by atoms with Crippen molar-refractivity contribution in [2.45, 2.75) is 33.2 Å². The minimum Gasteiger partial charge on any atom is -0.490 e. The molecule has 0 fully saturated rings. The quantitative estimate of drug-likeness (QED) is 0.725. The van der Waals surface area contributed by atoms with Gasteiger partial charge in [-0.3, -0.25) is 9.59 Å². The first-order chi connectivity index (χ1) is 10.6. The van der Waals surface area contributed by atoms with Crippen LogP contribution in [0.3, 0.4) is 0 Å². The van der Waals surface area contributed by atoms with E-state index in [-0.39, 0.29) is 18.4 Å². The first-order valence-electron chi connectivity index (χ1n) is 7.50. The van der Waals surface area contributed by atoms with Gasteiger partial charge in [0.2, 0.25) is 5.91 Å². The molecular formula is C16H24N2O4. The van der Waals surface area contributed by atoms with Crippen LogP contribution in [0.5, 0.6) is 11.5 Å². The van der Waals surface area contributed by atoms with Crippen molar-refractivity contribution in [2.24, 2.45) is 0 Å². The maximum atomic E-state index is 11.8. The van der Waals surface area contributed by atoms with Gasteiger partial charge >= 0.3 is 0 Å². The third-order valence-corrected chi connectivity index (χ3v) is 2.83. The second-order valence-corrected chi connectivity index (χ2v) is 4.75. The average Bonchev–Trinajstić information content (AvgIpc) is 2.52. The number of hydrogen-bond donors (Lipinski definition) is 2. The van der Waals surface area contributed by atoms with Crippen LogP contribution in [0.2, 0.25) is 0 Å². The van der Waals surface area contributed by atoms with E-state index in [1.54, 1.807) is 25.1 Å². The molecule has 1 rings (SSSR count). The molecule has 2 amide bonds. The number of ether oxygens (including phenoxy) is 2. The molecule has 1 aromatic rings. The van der Waals surface area contributed by atoms with Gasteiger partial charge in [0.05, 0.1) is 6.61 Å². The van der Waals surface area contributed by atoms with Gasteiger partial charge in [0.15, 0.2) is 18.1 Å². The Morgan fingerprint density at radius 3 is 2.36 bits per heavy atom. The van der Waals surface area contributed by atoms with Crippen molar-refractivity contribution in [1.82, 2.24) is 10.6 Å². The normalized spacial score (nSPS) is 11.4. The highest BCUT2D eigenvalue weighted by molar-refractivity contribution is 5.87. The molecule has 0 saturated carbocycles. The Morgan fingerprint density at radius 1 is 1.14 bits per heavy atom. The summed E-state index contributed by atoms with van der Waals surface area (Å²) >= 11 is 0. The smallest absolute Gasteiger partial charge is 0.258 e. The highest BCUT2D eigenvalue weighted by atomic mass is 16.5. The predicted octanol–water partition coefficient (Wildman–Crippen LogP) is 1.49. The summed E-state index contributed by atoms with van der Waals surface area (Å²) in [4.78, 5) is 23.5. The topological polar surface area (TPSA) is 76.7 Å². The van der Waals surface area contributed by atoms with Gasteiger partial charge in [-0.25, -0.2) is 0 Å². The summed E-state index contributed by atoms with van der Waals surface area (Å²) < 4.78 is 10.9. The molecule has 0 heterocycles. The van der Waals surface area contributed by atoms with Gasteiger partial charge in [0, 0.05) is 6.54 Å². The summed E-state index contributed by atoms with van der Waals surface area (Å²) in [5.74, 6) is 0.532. The highest BCUT2D eigenvalue weighted by Gasteiger charge is 2.15. The van der Waals surface area contributed by atoms with E-state index in [9.17, 15) is 9.59 Å². The molecule has 0 aliphatic carbocycles. The molecular weight excluding hydrogens is 284 g/mol. The Balaban J connectivity index is 2.44. The van der Waals surface area contributed by atoms with Crippen LogP contribution < -0.4 is 20.1 Å². The summed E-state index contributed by atoms with van der Waals surface area (Å²) in [6, 6.07) is 6.55. The Labute approximate surface area is 131 Å². The van der Waals surface area contributed by atoms with Crippen LogP contribution in [0.15, 0.2) is 24.3 Å². The minimum absolute atomic E-state index is 0.171. The second kappa shape index (κ2) is 9.65. The number of hydrogen-bond acceptors (Lipinski definition) is 4. The van der Waals surface area contributed by atoms with Crippen LogP contribution in [0, 0.1) is 0 Å². The third-order valence-electron chi connectivity index (χ3n) is 2.83. The fourth-order valence-electron chi connectivity index (χ4n) is 1.74. The van der Waals surface area contributed by atoms with Gasteiger partial charge in [-0.2, -0.15) is 0 Å². The second-order valence-electron chi connectivity index (χ2n) is 4.75. The SMILES string of the molecule is CCCNC(=O)[C@H](C)NC(=O)COc1ccccc1OCC. The molecule has 0 unspecified atom stereocenters. The predicted molar refractivity (Wildman–Crippen MR) is 84.0 cm³/mol. The van der Waals surface area contributed by atoms with Crippen LogP contribution in [0.4, 0.5) is 0 Å². The van der Waals surface area contributed by atoms with Gasteiger partial charge < -0.3 is 20.1 Å². The molecule has 6 heteroatoms. The van der Waals surface area contributed by atoms with E-state index < -0.39 is 6.04 Å². The number of carbonyl (C=O) groups is 2. The summed E-state index contributed by atoms with van der Waals surface area (Å²) in [6.07, 6.45) is 0.851. The van der Waals surface area contributed by atoms with Crippen molar-refractivity contribution in [1.29, 1.82) is 0 Å². The van der Waals surface area contributed by atoms with E-state index >= 15 is 0 Å². The lowest BCUT2D eigenvalue weighted by atomic mass is 10.3. The van der Waals surface area contributed by atoms with E-state index in [0.717, 1.165) is 6.42 Å². The fourth-order valence-corrected chi connectivity index (χ4v) is 1.74. The fraction of sp³-hybridized carbons (Fsp3) is 0.500. The van der Waals surface area contributed by atoms with Crippen LogP contribution in [0.1, 0.15) is 27.2 Å². The number of rotatable bonds is 9. The Bertz CT molecular complexity index is 491. The van der Waals surface area contributed by atoms with E-state index in [0.29, 0.717) is 24.7 Å². The molecule has 0 aliphatic rings. The summed E-state index contributed by atoms with van der Waals surface area (Å²) in [5.41, 5.74) is 0. The molecule has 22 heavy (non-hydrogen) atoms. The number of carbonyl (C=O) groups excluding carboxylic acids is 2. The molecule has 0 spiro atoms. The monoisotopic (exact) mass is 308 g/mol.